The molecule has 0 aromatic heterocycles. The Labute approximate surface area is 103 Å². The molecule has 0 radical (unpaired) electrons. The lowest BCUT2D eigenvalue weighted by atomic mass is 10.0. The quantitative estimate of drug-likeness (QED) is 0.833. The maximum Gasteiger partial charge on any atom is 0.324 e. The number of carboxylic acids is 1. The molecule has 0 aliphatic carbocycles. The van der Waals surface area contributed by atoms with E-state index in [1.807, 2.05) is 20.8 Å². The zero-order valence-corrected chi connectivity index (χ0v) is 11.7. The van der Waals surface area contributed by atoms with E-state index in [4.69, 9.17) is 0 Å². The number of hydrogen-bond acceptors (Lipinski definition) is 3. The minimum Gasteiger partial charge on any atom is -0.480 e. The summed E-state index contributed by atoms with van der Waals surface area (Å²) in [6.45, 7) is 7.29. The highest BCUT2D eigenvalue weighted by Gasteiger charge is 2.49. The van der Waals surface area contributed by atoms with E-state index < -0.39 is 21.5 Å². The Morgan fingerprint density at radius 2 is 1.94 bits per heavy atom. The van der Waals surface area contributed by atoms with E-state index in [-0.39, 0.29) is 11.2 Å². The van der Waals surface area contributed by atoms with Crippen molar-refractivity contribution in [3.05, 3.63) is 0 Å². The zero-order valence-electron chi connectivity index (χ0n) is 10.9. The molecule has 1 unspecified atom stereocenters. The van der Waals surface area contributed by atoms with Crippen molar-refractivity contribution in [3.8, 4) is 0 Å². The molecule has 1 heterocycles. The Balaban J connectivity index is 3.04. The van der Waals surface area contributed by atoms with Crippen LogP contribution in [0.5, 0.6) is 0 Å². The van der Waals surface area contributed by atoms with Gasteiger partial charge in [-0.05, 0) is 25.2 Å². The van der Waals surface area contributed by atoms with E-state index in [1.54, 1.807) is 0 Å². The maximum atomic E-state index is 12.2. The fourth-order valence-corrected chi connectivity index (χ4v) is 4.66. The molecule has 1 N–H and O–H groups in total. The zero-order chi connectivity index (χ0) is 13.5. The van der Waals surface area contributed by atoms with Gasteiger partial charge in [0.25, 0.3) is 0 Å². The summed E-state index contributed by atoms with van der Waals surface area (Å²) in [7, 11) is -3.52. The monoisotopic (exact) mass is 263 g/mol. The molecule has 0 bridgehead atoms. The summed E-state index contributed by atoms with van der Waals surface area (Å²) in [6.07, 6.45) is 0.984. The third-order valence-electron chi connectivity index (χ3n) is 2.99. The highest BCUT2D eigenvalue weighted by molar-refractivity contribution is 7.89. The van der Waals surface area contributed by atoms with E-state index >= 15 is 0 Å². The third-order valence-corrected chi connectivity index (χ3v) is 5.48. The van der Waals surface area contributed by atoms with Crippen molar-refractivity contribution in [2.75, 3.05) is 12.3 Å². The van der Waals surface area contributed by atoms with Crippen LogP contribution in [0.4, 0.5) is 0 Å². The van der Waals surface area contributed by atoms with Gasteiger partial charge in [-0.25, -0.2) is 8.42 Å². The molecule has 0 aromatic carbocycles. The molecule has 1 rings (SSSR count). The summed E-state index contributed by atoms with van der Waals surface area (Å²) < 4.78 is 25.6. The van der Waals surface area contributed by atoms with Gasteiger partial charge in [0.05, 0.1) is 5.75 Å². The molecule has 0 spiro atoms. The van der Waals surface area contributed by atoms with Gasteiger partial charge >= 0.3 is 5.97 Å². The lowest BCUT2D eigenvalue weighted by molar-refractivity contribution is -0.146. The highest BCUT2D eigenvalue weighted by Crippen LogP contribution is 2.33. The number of hydrogen-bond donors (Lipinski definition) is 1. The molecule has 6 heteroatoms. The van der Waals surface area contributed by atoms with Gasteiger partial charge in [-0.2, -0.15) is 4.31 Å². The van der Waals surface area contributed by atoms with Crippen molar-refractivity contribution in [3.63, 3.8) is 0 Å². The van der Waals surface area contributed by atoms with Crippen molar-refractivity contribution in [2.24, 2.45) is 5.41 Å². The van der Waals surface area contributed by atoms with Crippen molar-refractivity contribution >= 4 is 16.0 Å². The second-order valence-corrected chi connectivity index (χ2v) is 7.96. The normalized spacial score (nSPS) is 27.3. The van der Waals surface area contributed by atoms with Crippen molar-refractivity contribution in [1.29, 1.82) is 0 Å². The fourth-order valence-electron chi connectivity index (χ4n) is 2.22. The second kappa shape index (κ2) is 4.24. The average Bonchev–Trinajstić information content (AvgIpc) is 2.44. The SMILES string of the molecule is CC(C)(C)CS(=O)(=O)N1CCCC1(C)C(=O)O. The Hall–Kier alpha value is -0.620. The van der Waals surface area contributed by atoms with E-state index in [1.165, 1.54) is 6.92 Å². The molecule has 5 nitrogen and oxygen atoms in total. The van der Waals surface area contributed by atoms with Gasteiger partial charge in [-0.3, -0.25) is 4.79 Å². The summed E-state index contributed by atoms with van der Waals surface area (Å²) in [5.41, 5.74) is -1.65. The molecule has 0 saturated carbocycles. The third kappa shape index (κ3) is 2.98. The summed E-state index contributed by atoms with van der Waals surface area (Å²) in [4.78, 5) is 11.2. The van der Waals surface area contributed by atoms with E-state index in [2.05, 4.69) is 0 Å². The average molecular weight is 263 g/mol. The Morgan fingerprint density at radius 3 is 2.35 bits per heavy atom. The molecule has 1 aliphatic rings. The van der Waals surface area contributed by atoms with Gasteiger partial charge in [0.1, 0.15) is 5.54 Å². The van der Waals surface area contributed by atoms with Gasteiger partial charge in [0.15, 0.2) is 0 Å². The van der Waals surface area contributed by atoms with Crippen LogP contribution in [0.3, 0.4) is 0 Å². The maximum absolute atomic E-state index is 12.2. The second-order valence-electron chi connectivity index (χ2n) is 6.07. The largest absolute Gasteiger partial charge is 0.480 e. The number of sulfonamides is 1. The molecular formula is C11H21NO4S. The van der Waals surface area contributed by atoms with Gasteiger partial charge in [0.2, 0.25) is 10.0 Å². The summed E-state index contributed by atoms with van der Waals surface area (Å²) in [6, 6.07) is 0. The minimum atomic E-state index is -3.52. The first kappa shape index (κ1) is 14.4. The van der Waals surface area contributed by atoms with Crippen molar-refractivity contribution < 1.29 is 18.3 Å². The number of carboxylic acid groups (broad SMARTS) is 1. The number of rotatable bonds is 3. The molecule has 1 fully saturated rings. The molecule has 1 saturated heterocycles. The van der Waals surface area contributed by atoms with Crippen LogP contribution in [0.15, 0.2) is 0 Å². The molecule has 0 aromatic rings. The fraction of sp³-hybridized carbons (Fsp3) is 0.909. The number of nitrogens with zero attached hydrogens (tertiary/aromatic N) is 1. The molecule has 1 atom stereocenters. The van der Waals surface area contributed by atoms with Gasteiger partial charge in [-0.1, -0.05) is 20.8 Å². The first-order chi connectivity index (χ1) is 7.49. The summed E-state index contributed by atoms with van der Waals surface area (Å²) in [5.74, 6) is -1.09. The van der Waals surface area contributed by atoms with Crippen LogP contribution in [-0.2, 0) is 14.8 Å². The van der Waals surface area contributed by atoms with Crippen LogP contribution in [0.25, 0.3) is 0 Å². The molecular weight excluding hydrogens is 242 g/mol. The first-order valence-corrected chi connectivity index (χ1v) is 7.34. The van der Waals surface area contributed by atoms with Crippen LogP contribution >= 0.6 is 0 Å². The van der Waals surface area contributed by atoms with E-state index in [9.17, 15) is 18.3 Å². The summed E-state index contributed by atoms with van der Waals surface area (Å²) in [5, 5.41) is 9.20. The van der Waals surface area contributed by atoms with Crippen LogP contribution in [0.1, 0.15) is 40.5 Å². The highest BCUT2D eigenvalue weighted by atomic mass is 32.2. The smallest absolute Gasteiger partial charge is 0.324 e. The number of carbonyl (C=O) groups is 1. The predicted octanol–water partition coefficient (Wildman–Crippen LogP) is 1.30. The standard InChI is InChI=1S/C11H21NO4S/c1-10(2,3)8-17(15,16)12-7-5-6-11(12,4)9(13)14/h5-8H2,1-4H3,(H,13,14). The van der Waals surface area contributed by atoms with Gasteiger partial charge in [0, 0.05) is 6.54 Å². The van der Waals surface area contributed by atoms with Crippen molar-refractivity contribution in [1.82, 2.24) is 4.31 Å². The van der Waals surface area contributed by atoms with Crippen LogP contribution < -0.4 is 0 Å². The topological polar surface area (TPSA) is 74.7 Å². The molecule has 100 valence electrons. The van der Waals surface area contributed by atoms with Crippen LogP contribution in [-0.4, -0.2) is 41.6 Å². The lowest BCUT2D eigenvalue weighted by Crippen LogP contribution is -2.52. The lowest BCUT2D eigenvalue weighted by Gasteiger charge is -2.32. The molecule has 1 aliphatic heterocycles. The Bertz CT molecular complexity index is 410. The Morgan fingerprint density at radius 1 is 1.41 bits per heavy atom. The predicted molar refractivity (Wildman–Crippen MR) is 65.2 cm³/mol. The molecule has 0 amide bonds. The number of aliphatic carboxylic acids is 1. The first-order valence-electron chi connectivity index (χ1n) is 5.73. The van der Waals surface area contributed by atoms with Gasteiger partial charge < -0.3 is 5.11 Å². The Kier molecular flexibility index (Phi) is 3.60. The molecule has 17 heavy (non-hydrogen) atoms. The summed E-state index contributed by atoms with van der Waals surface area (Å²) >= 11 is 0. The van der Waals surface area contributed by atoms with Crippen molar-refractivity contribution in [2.45, 2.75) is 46.1 Å². The van der Waals surface area contributed by atoms with Crippen LogP contribution in [0, 0.1) is 5.41 Å². The minimum absolute atomic E-state index is 0.0249. The van der Waals surface area contributed by atoms with E-state index in [0.29, 0.717) is 19.4 Å². The van der Waals surface area contributed by atoms with Crippen LogP contribution in [0.2, 0.25) is 0 Å². The van der Waals surface area contributed by atoms with E-state index in [0.717, 1.165) is 4.31 Å². The van der Waals surface area contributed by atoms with Gasteiger partial charge in [-0.15, -0.1) is 0 Å².